The summed E-state index contributed by atoms with van der Waals surface area (Å²) in [7, 11) is 0. The minimum atomic E-state index is -0.694. The van der Waals surface area contributed by atoms with Gasteiger partial charge in [0.05, 0.1) is 24.2 Å². The molecule has 2 aliphatic rings. The van der Waals surface area contributed by atoms with Crippen molar-refractivity contribution < 1.29 is 24.3 Å². The number of pyridine rings is 1. The maximum absolute atomic E-state index is 12.9. The van der Waals surface area contributed by atoms with Crippen LogP contribution >= 0.6 is 0 Å². The van der Waals surface area contributed by atoms with Gasteiger partial charge in [0.1, 0.15) is 6.04 Å². The third-order valence-corrected chi connectivity index (χ3v) is 5.92. The average Bonchev–Trinajstić information content (AvgIpc) is 3.44. The molecule has 12 nitrogen and oxygen atoms in total. The summed E-state index contributed by atoms with van der Waals surface area (Å²) in [4.78, 5) is 54.8. The standard InChI is InChI=1S/C23H21N7O5/c1-12-6-14(8-15(11-31)24-12)25-21(33)18-10-30(28-27-18)16-2-3-17-13(7-16)9-29(23(17)35)19-4-5-20(32)26-22(19)34/h2-3,6-8,10,19,31H,4-5,9,11H2,1H3,(H,24,25,33)(H,26,32,34). The molecular weight excluding hydrogens is 454 g/mol. The van der Waals surface area contributed by atoms with E-state index in [0.717, 1.165) is 0 Å². The van der Waals surface area contributed by atoms with Crippen molar-refractivity contribution in [3.8, 4) is 5.69 Å². The number of benzene rings is 1. The Kier molecular flexibility index (Phi) is 5.57. The van der Waals surface area contributed by atoms with E-state index in [9.17, 15) is 24.3 Å². The zero-order valence-electron chi connectivity index (χ0n) is 18.7. The number of hydrogen-bond donors (Lipinski definition) is 3. The number of aliphatic hydroxyl groups excluding tert-OH is 1. The number of carbonyl (C=O) groups is 4. The maximum atomic E-state index is 12.9. The Morgan fingerprint density at radius 3 is 2.83 bits per heavy atom. The molecule has 1 fully saturated rings. The van der Waals surface area contributed by atoms with Crippen LogP contribution < -0.4 is 10.6 Å². The fourth-order valence-electron chi connectivity index (χ4n) is 4.28. The van der Waals surface area contributed by atoms with Gasteiger partial charge in [-0.3, -0.25) is 29.5 Å². The van der Waals surface area contributed by atoms with Crippen molar-refractivity contribution in [1.29, 1.82) is 0 Å². The topological polar surface area (TPSA) is 159 Å². The number of hydrogen-bond acceptors (Lipinski definition) is 8. The van der Waals surface area contributed by atoms with Gasteiger partial charge in [0.25, 0.3) is 11.8 Å². The van der Waals surface area contributed by atoms with Gasteiger partial charge in [0.15, 0.2) is 5.69 Å². The number of carbonyl (C=O) groups excluding carboxylic acids is 4. The van der Waals surface area contributed by atoms with Gasteiger partial charge in [-0.05, 0) is 49.2 Å². The van der Waals surface area contributed by atoms with E-state index < -0.39 is 17.9 Å². The van der Waals surface area contributed by atoms with Gasteiger partial charge < -0.3 is 15.3 Å². The van der Waals surface area contributed by atoms with Crippen molar-refractivity contribution >= 4 is 29.3 Å². The predicted octanol–water partition coefficient (Wildman–Crippen LogP) is 0.476. The number of piperidine rings is 1. The van der Waals surface area contributed by atoms with E-state index in [1.54, 1.807) is 37.3 Å². The minimum Gasteiger partial charge on any atom is -0.390 e. The Balaban J connectivity index is 1.33. The molecule has 1 saturated heterocycles. The Labute approximate surface area is 198 Å². The SMILES string of the molecule is Cc1cc(NC(=O)c2cn(-c3ccc4c(c3)CN(C3CCC(=O)NC3=O)C4=O)nn2)cc(CO)n1. The van der Waals surface area contributed by atoms with Crippen molar-refractivity contribution in [3.05, 3.63) is 64.7 Å². The fraction of sp³-hybridized carbons (Fsp3) is 0.261. The first-order valence-corrected chi connectivity index (χ1v) is 10.9. The van der Waals surface area contributed by atoms with Gasteiger partial charge in [-0.1, -0.05) is 5.21 Å². The molecule has 35 heavy (non-hydrogen) atoms. The van der Waals surface area contributed by atoms with Crippen LogP contribution in [-0.4, -0.2) is 59.7 Å². The zero-order chi connectivity index (χ0) is 24.7. The number of nitrogens with one attached hydrogen (secondary N) is 2. The van der Waals surface area contributed by atoms with Gasteiger partial charge in [-0.2, -0.15) is 0 Å². The number of aliphatic hydroxyl groups is 1. The van der Waals surface area contributed by atoms with Crippen LogP contribution in [0, 0.1) is 6.92 Å². The van der Waals surface area contributed by atoms with E-state index in [1.165, 1.54) is 15.8 Å². The third kappa shape index (κ3) is 4.26. The monoisotopic (exact) mass is 475 g/mol. The first-order valence-electron chi connectivity index (χ1n) is 10.9. The van der Waals surface area contributed by atoms with Gasteiger partial charge >= 0.3 is 0 Å². The predicted molar refractivity (Wildman–Crippen MR) is 120 cm³/mol. The van der Waals surface area contributed by atoms with Crippen LogP contribution in [0.5, 0.6) is 0 Å². The van der Waals surface area contributed by atoms with E-state index in [-0.39, 0.29) is 43.5 Å². The molecule has 0 aliphatic carbocycles. The first-order chi connectivity index (χ1) is 16.8. The lowest BCUT2D eigenvalue weighted by Crippen LogP contribution is -2.52. The fourth-order valence-corrected chi connectivity index (χ4v) is 4.28. The highest BCUT2D eigenvalue weighted by Gasteiger charge is 2.39. The largest absolute Gasteiger partial charge is 0.390 e. The molecule has 2 aliphatic heterocycles. The molecule has 2 aromatic heterocycles. The Morgan fingerprint density at radius 2 is 2.06 bits per heavy atom. The smallest absolute Gasteiger partial charge is 0.277 e. The number of nitrogens with zero attached hydrogens (tertiary/aromatic N) is 5. The summed E-state index contributed by atoms with van der Waals surface area (Å²) < 4.78 is 1.42. The number of fused-ring (bicyclic) bond motifs is 1. The van der Waals surface area contributed by atoms with E-state index in [2.05, 4.69) is 25.9 Å². The summed E-state index contributed by atoms with van der Waals surface area (Å²) in [6.45, 7) is 1.73. The Bertz CT molecular complexity index is 1380. The molecule has 0 radical (unpaired) electrons. The van der Waals surface area contributed by atoms with Gasteiger partial charge in [-0.25, -0.2) is 4.68 Å². The van der Waals surface area contributed by atoms with Crippen LogP contribution in [0.2, 0.25) is 0 Å². The molecular formula is C23H21N7O5. The number of anilines is 1. The molecule has 3 aromatic rings. The number of imide groups is 1. The van der Waals surface area contributed by atoms with Crippen molar-refractivity contribution in [2.24, 2.45) is 0 Å². The highest BCUT2D eigenvalue weighted by Crippen LogP contribution is 2.29. The second-order valence-electron chi connectivity index (χ2n) is 8.39. The quantitative estimate of drug-likeness (QED) is 0.449. The zero-order valence-corrected chi connectivity index (χ0v) is 18.7. The minimum absolute atomic E-state index is 0.0757. The molecule has 5 rings (SSSR count). The van der Waals surface area contributed by atoms with Crippen LogP contribution in [0.25, 0.3) is 5.69 Å². The molecule has 178 valence electrons. The second-order valence-corrected chi connectivity index (χ2v) is 8.39. The number of aromatic nitrogens is 4. The molecule has 0 saturated carbocycles. The van der Waals surface area contributed by atoms with Crippen molar-refractivity contribution in [2.45, 2.75) is 39.0 Å². The summed E-state index contributed by atoms with van der Waals surface area (Å²) in [5.41, 5.74) is 3.41. The van der Waals surface area contributed by atoms with Crippen molar-refractivity contribution in [3.63, 3.8) is 0 Å². The highest BCUT2D eigenvalue weighted by atomic mass is 16.3. The summed E-state index contributed by atoms with van der Waals surface area (Å²) in [6, 6.07) is 7.64. The molecule has 4 amide bonds. The summed E-state index contributed by atoms with van der Waals surface area (Å²) in [6.07, 6.45) is 1.94. The van der Waals surface area contributed by atoms with Crippen molar-refractivity contribution in [2.75, 3.05) is 5.32 Å². The van der Waals surface area contributed by atoms with E-state index in [1.807, 2.05) is 0 Å². The number of amides is 4. The summed E-state index contributed by atoms with van der Waals surface area (Å²) >= 11 is 0. The molecule has 1 unspecified atom stereocenters. The van der Waals surface area contributed by atoms with E-state index >= 15 is 0 Å². The normalized spacial score (nSPS) is 17.4. The third-order valence-electron chi connectivity index (χ3n) is 5.92. The Hall–Kier alpha value is -4.45. The van der Waals surface area contributed by atoms with E-state index in [0.29, 0.717) is 33.9 Å². The van der Waals surface area contributed by atoms with Gasteiger partial charge in [0.2, 0.25) is 11.8 Å². The van der Waals surface area contributed by atoms with Gasteiger partial charge in [-0.15, -0.1) is 5.10 Å². The van der Waals surface area contributed by atoms with Crippen LogP contribution in [0.4, 0.5) is 5.69 Å². The second kappa shape index (κ2) is 8.72. The molecule has 0 bridgehead atoms. The molecule has 12 heteroatoms. The molecule has 1 atom stereocenters. The van der Waals surface area contributed by atoms with E-state index in [4.69, 9.17) is 0 Å². The lowest BCUT2D eigenvalue weighted by atomic mass is 10.0. The first kappa shape index (κ1) is 22.3. The van der Waals surface area contributed by atoms with Crippen LogP contribution in [0.15, 0.2) is 36.5 Å². The van der Waals surface area contributed by atoms with Crippen molar-refractivity contribution in [1.82, 2.24) is 30.2 Å². The molecule has 1 aromatic carbocycles. The molecule has 3 N–H and O–H groups in total. The molecule has 0 spiro atoms. The average molecular weight is 475 g/mol. The maximum Gasteiger partial charge on any atom is 0.277 e. The Morgan fingerprint density at radius 1 is 1.23 bits per heavy atom. The summed E-state index contributed by atoms with van der Waals surface area (Å²) in [5.74, 6) is -1.55. The van der Waals surface area contributed by atoms with Crippen LogP contribution in [0.1, 0.15) is 50.6 Å². The lowest BCUT2D eigenvalue weighted by Gasteiger charge is -2.29. The van der Waals surface area contributed by atoms with Crippen LogP contribution in [-0.2, 0) is 22.7 Å². The van der Waals surface area contributed by atoms with Crippen LogP contribution in [0.3, 0.4) is 0 Å². The van der Waals surface area contributed by atoms with Gasteiger partial charge in [0, 0.05) is 29.9 Å². The highest BCUT2D eigenvalue weighted by molar-refractivity contribution is 6.05. The number of aryl methyl sites for hydroxylation is 1. The molecule has 4 heterocycles. The lowest BCUT2D eigenvalue weighted by molar-refractivity contribution is -0.136. The summed E-state index contributed by atoms with van der Waals surface area (Å²) in [5, 5.41) is 22.3. The number of rotatable bonds is 5.